The molecule has 7 heavy (non-hydrogen) atoms. The van der Waals surface area contributed by atoms with Gasteiger partial charge in [0.05, 0.1) is 13.1 Å². The van der Waals surface area contributed by atoms with Gasteiger partial charge < -0.3 is 0 Å². The minimum atomic E-state index is 0.500. The van der Waals surface area contributed by atoms with E-state index in [1.165, 1.54) is 0 Å². The molecule has 0 bridgehead atoms. The maximum Gasteiger partial charge on any atom is 0.233 e. The molecule has 0 aliphatic carbocycles. The first-order chi connectivity index (χ1) is 3.31. The highest BCUT2D eigenvalue weighted by molar-refractivity contribution is 4.62. The standard InChI is InChI=1S/C3H9N4/c4-7(3-5-7)6-1-2-6/h5H,1-4H2/q+1. The van der Waals surface area contributed by atoms with Crippen LogP contribution >= 0.6 is 0 Å². The van der Waals surface area contributed by atoms with Crippen LogP contribution in [0.3, 0.4) is 0 Å². The van der Waals surface area contributed by atoms with Crippen LogP contribution in [0, 0.1) is 0 Å². The van der Waals surface area contributed by atoms with Crippen LogP contribution in [0.1, 0.15) is 0 Å². The molecule has 2 heterocycles. The van der Waals surface area contributed by atoms with Gasteiger partial charge >= 0.3 is 0 Å². The highest BCUT2D eigenvalue weighted by Gasteiger charge is 2.52. The van der Waals surface area contributed by atoms with E-state index in [2.05, 4.69) is 10.4 Å². The van der Waals surface area contributed by atoms with Gasteiger partial charge in [-0.1, -0.05) is 10.2 Å². The third-order valence-electron chi connectivity index (χ3n) is 1.41. The van der Waals surface area contributed by atoms with Gasteiger partial charge in [-0.3, -0.25) is 0 Å². The van der Waals surface area contributed by atoms with Gasteiger partial charge in [-0.05, 0) is 0 Å². The average molecular weight is 101 g/mol. The summed E-state index contributed by atoms with van der Waals surface area (Å²) in [6.45, 7) is 3.23. The van der Waals surface area contributed by atoms with Crippen molar-refractivity contribution in [3.05, 3.63) is 0 Å². The summed E-state index contributed by atoms with van der Waals surface area (Å²) in [5, 5.41) is 2.15. The van der Waals surface area contributed by atoms with Gasteiger partial charge in [-0.2, -0.15) is 0 Å². The van der Waals surface area contributed by atoms with E-state index in [1.54, 1.807) is 0 Å². The average Bonchev–Trinajstić information content (AvgIpc) is 2.14. The van der Waals surface area contributed by atoms with E-state index in [-0.39, 0.29) is 0 Å². The second-order valence-corrected chi connectivity index (χ2v) is 2.10. The Morgan fingerprint density at radius 1 is 1.57 bits per heavy atom. The third-order valence-corrected chi connectivity index (χ3v) is 1.41. The van der Waals surface area contributed by atoms with Crippen LogP contribution in [0.25, 0.3) is 0 Å². The molecule has 1 unspecified atom stereocenters. The third kappa shape index (κ3) is 0.450. The second kappa shape index (κ2) is 0.830. The molecule has 40 valence electrons. The van der Waals surface area contributed by atoms with Crippen molar-refractivity contribution in [1.82, 2.24) is 10.4 Å². The summed E-state index contributed by atoms with van der Waals surface area (Å²) < 4.78 is 0. The van der Waals surface area contributed by atoms with E-state index in [1.807, 2.05) is 0 Å². The van der Waals surface area contributed by atoms with Crippen molar-refractivity contribution in [3.63, 3.8) is 0 Å². The predicted octanol–water partition coefficient (Wildman–Crippen LogP) is -1.62. The molecule has 2 aliphatic heterocycles. The Hall–Kier alpha value is -0.160. The highest BCUT2D eigenvalue weighted by atomic mass is 16.2. The van der Waals surface area contributed by atoms with Gasteiger partial charge in [0.2, 0.25) is 6.67 Å². The van der Waals surface area contributed by atoms with Crippen LogP contribution in [0.5, 0.6) is 0 Å². The maximum absolute atomic E-state index is 5.60. The van der Waals surface area contributed by atoms with E-state index < -0.39 is 0 Å². The lowest BCUT2D eigenvalue weighted by Crippen LogP contribution is -2.42. The van der Waals surface area contributed by atoms with E-state index >= 15 is 0 Å². The zero-order valence-electron chi connectivity index (χ0n) is 4.09. The van der Waals surface area contributed by atoms with E-state index in [9.17, 15) is 0 Å². The van der Waals surface area contributed by atoms with Crippen molar-refractivity contribution in [1.29, 1.82) is 0 Å². The fraction of sp³-hybridized carbons (Fsp3) is 1.00. The van der Waals surface area contributed by atoms with Gasteiger partial charge in [0.1, 0.15) is 0 Å². The van der Waals surface area contributed by atoms with Crippen molar-refractivity contribution in [3.8, 4) is 0 Å². The Labute approximate surface area is 42.0 Å². The Balaban J connectivity index is 2.04. The monoisotopic (exact) mass is 101 g/mol. The van der Waals surface area contributed by atoms with Crippen molar-refractivity contribution in [2.45, 2.75) is 0 Å². The first-order valence-electron chi connectivity index (χ1n) is 2.48. The summed E-state index contributed by atoms with van der Waals surface area (Å²) in [6.07, 6.45) is 0. The smallest absolute Gasteiger partial charge is 0.139 e. The fourth-order valence-electron chi connectivity index (χ4n) is 0.674. The molecule has 2 aliphatic rings. The molecule has 2 saturated heterocycles. The topological polar surface area (TPSA) is 51.0 Å². The molecule has 0 aromatic carbocycles. The highest BCUT2D eigenvalue weighted by Crippen LogP contribution is 2.18. The summed E-state index contributed by atoms with van der Waals surface area (Å²) >= 11 is 0. The summed E-state index contributed by atoms with van der Waals surface area (Å²) in [6, 6.07) is 0. The molecular weight excluding hydrogens is 92.1 g/mol. The zero-order chi connectivity index (χ0) is 4.91. The number of hydrogen-bond donors (Lipinski definition) is 2. The number of hydrogen-bond acceptors (Lipinski definition) is 3. The first-order valence-corrected chi connectivity index (χ1v) is 2.48. The number of quaternary nitrogens is 1. The molecule has 0 amide bonds. The van der Waals surface area contributed by atoms with Crippen LogP contribution in [-0.4, -0.2) is 29.6 Å². The molecule has 0 spiro atoms. The summed E-state index contributed by atoms with van der Waals surface area (Å²) in [5.74, 6) is 5.60. The Morgan fingerprint density at radius 3 is 2.29 bits per heavy atom. The first kappa shape index (κ1) is 3.80. The van der Waals surface area contributed by atoms with Crippen LogP contribution in [0.15, 0.2) is 0 Å². The Bertz CT molecular complexity index is 93.1. The predicted molar refractivity (Wildman–Crippen MR) is 24.0 cm³/mol. The molecule has 3 N–H and O–H groups in total. The minimum absolute atomic E-state index is 0.500. The lowest BCUT2D eigenvalue weighted by Gasteiger charge is -2.03. The quantitative estimate of drug-likeness (QED) is 0.237. The zero-order valence-corrected chi connectivity index (χ0v) is 4.09. The van der Waals surface area contributed by atoms with Gasteiger partial charge in [0, 0.05) is 0 Å². The normalized spacial score (nSPS) is 49.3. The maximum atomic E-state index is 5.60. The number of rotatable bonds is 1. The van der Waals surface area contributed by atoms with Crippen LogP contribution in [0.2, 0.25) is 0 Å². The fourth-order valence-corrected chi connectivity index (χ4v) is 0.674. The number of nitrogens with two attached hydrogens (primary N) is 1. The van der Waals surface area contributed by atoms with Crippen molar-refractivity contribution in [2.24, 2.45) is 5.84 Å². The van der Waals surface area contributed by atoms with Gasteiger partial charge in [-0.15, -0.1) is 10.9 Å². The van der Waals surface area contributed by atoms with Gasteiger partial charge in [0.25, 0.3) is 0 Å². The molecule has 0 aromatic heterocycles. The van der Waals surface area contributed by atoms with Crippen molar-refractivity contribution < 1.29 is 4.81 Å². The Kier molecular flexibility index (Phi) is 0.450. The molecular formula is C3H9N4+. The van der Waals surface area contributed by atoms with Gasteiger partial charge in [0.15, 0.2) is 0 Å². The molecule has 0 aromatic rings. The second-order valence-electron chi connectivity index (χ2n) is 2.10. The number of nitrogens with zero attached hydrogens (tertiary/aromatic N) is 2. The Morgan fingerprint density at radius 2 is 2.14 bits per heavy atom. The molecule has 2 fully saturated rings. The van der Waals surface area contributed by atoms with Crippen molar-refractivity contribution >= 4 is 0 Å². The summed E-state index contributed by atoms with van der Waals surface area (Å²) in [5.41, 5.74) is 3.01. The summed E-state index contributed by atoms with van der Waals surface area (Å²) in [4.78, 5) is 0.500. The van der Waals surface area contributed by atoms with E-state index in [0.717, 1.165) is 19.8 Å². The molecule has 2 rings (SSSR count). The molecule has 4 nitrogen and oxygen atoms in total. The molecule has 4 heteroatoms. The van der Waals surface area contributed by atoms with Gasteiger partial charge in [-0.25, -0.2) is 0 Å². The van der Waals surface area contributed by atoms with Crippen molar-refractivity contribution in [2.75, 3.05) is 19.8 Å². The number of nitrogens with one attached hydrogen (secondary N) is 1. The largest absolute Gasteiger partial charge is 0.233 e. The van der Waals surface area contributed by atoms with E-state index in [4.69, 9.17) is 5.84 Å². The van der Waals surface area contributed by atoms with Crippen LogP contribution in [0.4, 0.5) is 0 Å². The molecule has 0 saturated carbocycles. The SMILES string of the molecule is N[N+]1(N2CC2)CN1. The minimum Gasteiger partial charge on any atom is -0.139 e. The molecule has 0 radical (unpaired) electrons. The van der Waals surface area contributed by atoms with Crippen LogP contribution < -0.4 is 11.3 Å². The lowest BCUT2D eigenvalue weighted by atomic mass is 11.0. The van der Waals surface area contributed by atoms with Crippen LogP contribution in [-0.2, 0) is 0 Å². The molecule has 1 atom stereocenters. The van der Waals surface area contributed by atoms with E-state index in [0.29, 0.717) is 4.81 Å². The lowest BCUT2D eigenvalue weighted by molar-refractivity contribution is -0.936. The summed E-state index contributed by atoms with van der Waals surface area (Å²) in [7, 11) is 0.